The lowest BCUT2D eigenvalue weighted by Gasteiger charge is -2.06. The molecule has 0 saturated carbocycles. The molecule has 0 saturated heterocycles. The van der Waals surface area contributed by atoms with Gasteiger partial charge in [-0.1, -0.05) is 24.3 Å². The molecule has 6 nitrogen and oxygen atoms in total. The number of hydrogen-bond donors (Lipinski definition) is 1. The van der Waals surface area contributed by atoms with Crippen LogP contribution in [0, 0.1) is 19.7 Å². The second kappa shape index (κ2) is 7.82. The van der Waals surface area contributed by atoms with Crippen molar-refractivity contribution < 1.29 is 23.1 Å². The molecular formula is C20H17FN2O4. The van der Waals surface area contributed by atoms with Gasteiger partial charge in [0.2, 0.25) is 5.89 Å². The fourth-order valence-electron chi connectivity index (χ4n) is 2.36. The minimum absolute atomic E-state index is 0.00281. The number of esters is 1. The average Bonchev–Trinajstić information content (AvgIpc) is 3.05. The summed E-state index contributed by atoms with van der Waals surface area (Å²) in [5.74, 6) is -1.21. The highest BCUT2D eigenvalue weighted by Gasteiger charge is 2.20. The first-order valence-electron chi connectivity index (χ1n) is 8.20. The van der Waals surface area contributed by atoms with Gasteiger partial charge >= 0.3 is 5.97 Å². The van der Waals surface area contributed by atoms with E-state index in [1.54, 1.807) is 38.1 Å². The van der Waals surface area contributed by atoms with Gasteiger partial charge in [-0.05, 0) is 43.7 Å². The molecule has 3 rings (SSSR count). The lowest BCUT2D eigenvalue weighted by molar-refractivity contribution is -0.119. The highest BCUT2D eigenvalue weighted by atomic mass is 19.1. The molecule has 1 aromatic heterocycles. The Bertz CT molecular complexity index is 983. The lowest BCUT2D eigenvalue weighted by atomic mass is 10.2. The summed E-state index contributed by atoms with van der Waals surface area (Å²) in [7, 11) is 0. The summed E-state index contributed by atoms with van der Waals surface area (Å²) in [6, 6.07) is 13.4. The fourth-order valence-corrected chi connectivity index (χ4v) is 2.36. The maximum absolute atomic E-state index is 13.5. The summed E-state index contributed by atoms with van der Waals surface area (Å²) in [4.78, 5) is 28.2. The fraction of sp³-hybridized carbons (Fsp3) is 0.150. The van der Waals surface area contributed by atoms with Crippen molar-refractivity contribution >= 4 is 17.6 Å². The van der Waals surface area contributed by atoms with E-state index in [0.717, 1.165) is 5.56 Å². The maximum Gasteiger partial charge on any atom is 0.361 e. The first kappa shape index (κ1) is 18.3. The van der Waals surface area contributed by atoms with Crippen molar-refractivity contribution in [1.82, 2.24) is 4.98 Å². The van der Waals surface area contributed by atoms with Crippen molar-refractivity contribution in [3.8, 4) is 11.5 Å². The predicted octanol–water partition coefficient (Wildman–Crippen LogP) is 3.89. The summed E-state index contributed by atoms with van der Waals surface area (Å²) in [6.45, 7) is 2.68. The molecule has 0 atom stereocenters. The van der Waals surface area contributed by atoms with Crippen LogP contribution in [0.25, 0.3) is 11.5 Å². The molecule has 27 heavy (non-hydrogen) atoms. The molecule has 0 unspecified atom stereocenters. The van der Waals surface area contributed by atoms with E-state index in [2.05, 4.69) is 10.3 Å². The summed E-state index contributed by atoms with van der Waals surface area (Å²) in [5.41, 5.74) is 1.47. The van der Waals surface area contributed by atoms with Crippen LogP contribution >= 0.6 is 0 Å². The molecule has 0 bridgehead atoms. The van der Waals surface area contributed by atoms with Gasteiger partial charge in [0.25, 0.3) is 5.91 Å². The van der Waals surface area contributed by atoms with Gasteiger partial charge in [0.15, 0.2) is 12.3 Å². The van der Waals surface area contributed by atoms with E-state index in [9.17, 15) is 14.0 Å². The number of benzene rings is 2. The Balaban J connectivity index is 1.61. The number of carbonyl (C=O) groups excluding carboxylic acids is 2. The molecule has 2 aromatic carbocycles. The highest BCUT2D eigenvalue weighted by molar-refractivity contribution is 5.95. The van der Waals surface area contributed by atoms with Crippen LogP contribution < -0.4 is 5.32 Å². The second-order valence-electron chi connectivity index (χ2n) is 5.88. The Morgan fingerprint density at radius 2 is 1.89 bits per heavy atom. The van der Waals surface area contributed by atoms with Gasteiger partial charge in [-0.25, -0.2) is 14.2 Å². The van der Waals surface area contributed by atoms with Crippen LogP contribution in [0.1, 0.15) is 21.8 Å². The minimum Gasteiger partial charge on any atom is -0.451 e. The van der Waals surface area contributed by atoms with Gasteiger partial charge in [-0.2, -0.15) is 0 Å². The van der Waals surface area contributed by atoms with Gasteiger partial charge in [0, 0.05) is 11.3 Å². The third-order valence-electron chi connectivity index (χ3n) is 3.80. The highest BCUT2D eigenvalue weighted by Crippen LogP contribution is 2.21. The predicted molar refractivity (Wildman–Crippen MR) is 96.7 cm³/mol. The van der Waals surface area contributed by atoms with Crippen LogP contribution in [-0.2, 0) is 9.53 Å². The number of anilines is 1. The smallest absolute Gasteiger partial charge is 0.361 e. The lowest BCUT2D eigenvalue weighted by Crippen LogP contribution is -2.21. The number of carbonyl (C=O) groups is 2. The zero-order chi connectivity index (χ0) is 19.4. The Hall–Kier alpha value is -3.48. The SMILES string of the molecule is Cc1ccc(NC(=O)COC(=O)c2nc(-c3ccccc3)oc2C)cc1F. The number of oxazole rings is 1. The first-order chi connectivity index (χ1) is 12.9. The van der Waals surface area contributed by atoms with Crippen LogP contribution in [0.2, 0.25) is 0 Å². The molecule has 7 heteroatoms. The van der Waals surface area contributed by atoms with E-state index in [4.69, 9.17) is 9.15 Å². The summed E-state index contributed by atoms with van der Waals surface area (Å²) in [6.07, 6.45) is 0. The quantitative estimate of drug-likeness (QED) is 0.691. The Morgan fingerprint density at radius 1 is 1.15 bits per heavy atom. The van der Waals surface area contributed by atoms with Gasteiger partial charge in [0.05, 0.1) is 0 Å². The Kier molecular flexibility index (Phi) is 5.30. The van der Waals surface area contributed by atoms with E-state index < -0.39 is 24.3 Å². The normalized spacial score (nSPS) is 10.5. The summed E-state index contributed by atoms with van der Waals surface area (Å²) >= 11 is 0. The molecule has 0 fully saturated rings. The first-order valence-corrected chi connectivity index (χ1v) is 8.20. The van der Waals surface area contributed by atoms with Crippen molar-refractivity contribution in [2.24, 2.45) is 0 Å². The molecule has 1 heterocycles. The number of ether oxygens (including phenoxy) is 1. The van der Waals surface area contributed by atoms with Crippen LogP contribution in [0.3, 0.4) is 0 Å². The average molecular weight is 368 g/mol. The van der Waals surface area contributed by atoms with Crippen molar-refractivity contribution in [3.63, 3.8) is 0 Å². The standard InChI is InChI=1S/C20H17FN2O4/c1-12-8-9-15(10-16(12)21)22-17(24)11-26-20(25)18-13(2)27-19(23-18)14-6-4-3-5-7-14/h3-10H,11H2,1-2H3,(H,22,24). The van der Waals surface area contributed by atoms with E-state index in [1.165, 1.54) is 6.07 Å². The molecule has 0 spiro atoms. The van der Waals surface area contributed by atoms with Gasteiger partial charge in [-0.15, -0.1) is 0 Å². The third-order valence-corrected chi connectivity index (χ3v) is 3.80. The van der Waals surface area contributed by atoms with Crippen LogP contribution in [-0.4, -0.2) is 23.5 Å². The van der Waals surface area contributed by atoms with E-state index >= 15 is 0 Å². The van der Waals surface area contributed by atoms with Gasteiger partial charge < -0.3 is 14.5 Å². The zero-order valence-electron chi connectivity index (χ0n) is 14.8. The van der Waals surface area contributed by atoms with Gasteiger partial charge in [0.1, 0.15) is 11.6 Å². The number of hydrogen-bond acceptors (Lipinski definition) is 5. The Labute approximate surface area is 155 Å². The molecule has 138 valence electrons. The van der Waals surface area contributed by atoms with Gasteiger partial charge in [-0.3, -0.25) is 4.79 Å². The maximum atomic E-state index is 13.5. The minimum atomic E-state index is -0.774. The monoisotopic (exact) mass is 368 g/mol. The van der Waals surface area contributed by atoms with Crippen molar-refractivity contribution in [2.75, 3.05) is 11.9 Å². The second-order valence-corrected chi connectivity index (χ2v) is 5.88. The molecule has 1 N–H and O–H groups in total. The molecular weight excluding hydrogens is 351 g/mol. The molecule has 0 radical (unpaired) electrons. The zero-order valence-corrected chi connectivity index (χ0v) is 14.8. The summed E-state index contributed by atoms with van der Waals surface area (Å²) in [5, 5.41) is 2.46. The van der Waals surface area contributed by atoms with E-state index in [0.29, 0.717) is 17.2 Å². The number of nitrogens with zero attached hydrogens (tertiary/aromatic N) is 1. The molecule has 0 aliphatic rings. The number of aryl methyl sites for hydroxylation is 2. The number of nitrogens with one attached hydrogen (secondary N) is 1. The summed E-state index contributed by atoms with van der Waals surface area (Å²) < 4.78 is 24.0. The number of aromatic nitrogens is 1. The number of amides is 1. The molecule has 3 aromatic rings. The van der Waals surface area contributed by atoms with Crippen LogP contribution in [0.5, 0.6) is 0 Å². The number of rotatable bonds is 5. The van der Waals surface area contributed by atoms with Crippen LogP contribution in [0.4, 0.5) is 10.1 Å². The van der Waals surface area contributed by atoms with E-state index in [1.807, 2.05) is 18.2 Å². The van der Waals surface area contributed by atoms with Crippen molar-refractivity contribution in [3.05, 3.63) is 71.4 Å². The molecule has 0 aliphatic carbocycles. The topological polar surface area (TPSA) is 81.4 Å². The third kappa shape index (κ3) is 4.38. The van der Waals surface area contributed by atoms with Crippen molar-refractivity contribution in [1.29, 1.82) is 0 Å². The van der Waals surface area contributed by atoms with E-state index in [-0.39, 0.29) is 11.4 Å². The largest absolute Gasteiger partial charge is 0.451 e. The molecule has 0 aliphatic heterocycles. The number of halogens is 1. The van der Waals surface area contributed by atoms with Crippen molar-refractivity contribution in [2.45, 2.75) is 13.8 Å². The molecule has 1 amide bonds. The Morgan fingerprint density at radius 3 is 2.59 bits per heavy atom. The van der Waals surface area contributed by atoms with Crippen LogP contribution in [0.15, 0.2) is 52.9 Å².